The second-order valence-electron chi connectivity index (χ2n) is 6.16. The molecule has 20 heavy (non-hydrogen) atoms. The molecule has 1 aromatic rings. The number of hydrogen-bond acceptors (Lipinski definition) is 2. The fourth-order valence-corrected chi connectivity index (χ4v) is 4.17. The first-order valence-electron chi connectivity index (χ1n) is 7.84. The van der Waals surface area contributed by atoms with Gasteiger partial charge < -0.3 is 10.6 Å². The molecule has 1 heterocycles. The van der Waals surface area contributed by atoms with Crippen LogP contribution in [0.1, 0.15) is 49.8 Å². The van der Waals surface area contributed by atoms with Crippen molar-refractivity contribution in [3.05, 3.63) is 22.4 Å². The summed E-state index contributed by atoms with van der Waals surface area (Å²) in [6, 6.07) is 5.16. The van der Waals surface area contributed by atoms with Crippen LogP contribution in [-0.2, 0) is 5.41 Å². The Kier molecular flexibility index (Phi) is 4.29. The molecule has 2 N–H and O–H groups in total. The SMILES string of the molecule is CN=C(NCC1(c2cccs2)CCCCC1)NC1CC1. The van der Waals surface area contributed by atoms with Gasteiger partial charge in [0.05, 0.1) is 0 Å². The second kappa shape index (κ2) is 6.17. The predicted octanol–water partition coefficient (Wildman–Crippen LogP) is 3.28. The van der Waals surface area contributed by atoms with E-state index in [1.807, 2.05) is 18.4 Å². The van der Waals surface area contributed by atoms with Crippen LogP contribution in [0.15, 0.2) is 22.5 Å². The average molecular weight is 291 g/mol. The van der Waals surface area contributed by atoms with Crippen LogP contribution >= 0.6 is 11.3 Å². The molecule has 0 aliphatic heterocycles. The Morgan fingerprint density at radius 1 is 1.35 bits per heavy atom. The van der Waals surface area contributed by atoms with Crippen molar-refractivity contribution in [1.29, 1.82) is 0 Å². The van der Waals surface area contributed by atoms with Gasteiger partial charge >= 0.3 is 0 Å². The maximum atomic E-state index is 4.36. The molecule has 0 radical (unpaired) electrons. The first-order valence-corrected chi connectivity index (χ1v) is 8.72. The number of aliphatic imine (C=N–C) groups is 1. The maximum Gasteiger partial charge on any atom is 0.191 e. The molecule has 0 bridgehead atoms. The molecule has 110 valence electrons. The van der Waals surface area contributed by atoms with Crippen molar-refractivity contribution in [3.8, 4) is 0 Å². The molecule has 2 fully saturated rings. The normalized spacial score (nSPS) is 22.6. The molecule has 3 rings (SSSR count). The van der Waals surface area contributed by atoms with Gasteiger partial charge in [-0.2, -0.15) is 0 Å². The van der Waals surface area contributed by atoms with E-state index in [1.54, 1.807) is 4.88 Å². The van der Waals surface area contributed by atoms with Gasteiger partial charge in [-0.05, 0) is 37.1 Å². The Morgan fingerprint density at radius 2 is 2.15 bits per heavy atom. The Morgan fingerprint density at radius 3 is 2.75 bits per heavy atom. The summed E-state index contributed by atoms with van der Waals surface area (Å²) in [6.07, 6.45) is 9.29. The lowest BCUT2D eigenvalue weighted by Crippen LogP contribution is -2.46. The highest BCUT2D eigenvalue weighted by molar-refractivity contribution is 7.10. The van der Waals surface area contributed by atoms with E-state index in [0.29, 0.717) is 11.5 Å². The number of guanidine groups is 1. The highest BCUT2D eigenvalue weighted by Crippen LogP contribution is 2.41. The van der Waals surface area contributed by atoms with Crippen molar-refractivity contribution in [3.63, 3.8) is 0 Å². The second-order valence-corrected chi connectivity index (χ2v) is 7.11. The fraction of sp³-hybridized carbons (Fsp3) is 0.688. The minimum atomic E-state index is 0.327. The predicted molar refractivity (Wildman–Crippen MR) is 86.6 cm³/mol. The number of thiophene rings is 1. The number of nitrogens with one attached hydrogen (secondary N) is 2. The maximum absolute atomic E-state index is 4.36. The summed E-state index contributed by atoms with van der Waals surface area (Å²) < 4.78 is 0. The number of rotatable bonds is 4. The fourth-order valence-electron chi connectivity index (χ4n) is 3.19. The van der Waals surface area contributed by atoms with Crippen LogP contribution in [0.2, 0.25) is 0 Å². The summed E-state index contributed by atoms with van der Waals surface area (Å²) in [5, 5.41) is 9.28. The Hall–Kier alpha value is -1.03. The summed E-state index contributed by atoms with van der Waals surface area (Å²) in [5.74, 6) is 0.981. The standard InChI is InChI=1S/C16H25N3S/c1-17-15(19-13-7-8-13)18-12-16(9-3-2-4-10-16)14-6-5-11-20-14/h5-6,11,13H,2-4,7-10,12H2,1H3,(H2,17,18,19). The molecule has 0 saturated heterocycles. The van der Waals surface area contributed by atoms with Crippen LogP contribution in [0.5, 0.6) is 0 Å². The smallest absolute Gasteiger partial charge is 0.191 e. The monoisotopic (exact) mass is 291 g/mol. The van der Waals surface area contributed by atoms with Crippen molar-refractivity contribution >= 4 is 17.3 Å². The van der Waals surface area contributed by atoms with E-state index in [2.05, 4.69) is 33.1 Å². The number of hydrogen-bond donors (Lipinski definition) is 2. The lowest BCUT2D eigenvalue weighted by molar-refractivity contribution is 0.296. The van der Waals surface area contributed by atoms with Crippen molar-refractivity contribution in [1.82, 2.24) is 10.6 Å². The van der Waals surface area contributed by atoms with Gasteiger partial charge in [-0.1, -0.05) is 25.3 Å². The molecule has 2 aliphatic carbocycles. The van der Waals surface area contributed by atoms with E-state index in [1.165, 1.54) is 44.9 Å². The molecule has 4 heteroatoms. The largest absolute Gasteiger partial charge is 0.355 e. The van der Waals surface area contributed by atoms with E-state index in [-0.39, 0.29) is 0 Å². The summed E-state index contributed by atoms with van der Waals surface area (Å²) >= 11 is 1.91. The van der Waals surface area contributed by atoms with E-state index < -0.39 is 0 Å². The third kappa shape index (κ3) is 3.17. The summed E-state index contributed by atoms with van der Waals surface area (Å²) in [6.45, 7) is 1.01. The first-order chi connectivity index (χ1) is 9.82. The minimum absolute atomic E-state index is 0.327. The van der Waals surface area contributed by atoms with Crippen molar-refractivity contribution in [2.45, 2.75) is 56.4 Å². The highest BCUT2D eigenvalue weighted by Gasteiger charge is 2.35. The molecule has 0 atom stereocenters. The first kappa shape index (κ1) is 13.9. The lowest BCUT2D eigenvalue weighted by Gasteiger charge is -2.37. The van der Waals surface area contributed by atoms with Crippen LogP contribution in [0.25, 0.3) is 0 Å². The summed E-state index contributed by atoms with van der Waals surface area (Å²) in [4.78, 5) is 5.91. The van der Waals surface area contributed by atoms with Gasteiger partial charge in [0.25, 0.3) is 0 Å². The van der Waals surface area contributed by atoms with Gasteiger partial charge in [0.1, 0.15) is 0 Å². The third-order valence-electron chi connectivity index (χ3n) is 4.59. The van der Waals surface area contributed by atoms with Crippen LogP contribution in [0, 0.1) is 0 Å². The molecule has 2 saturated carbocycles. The Balaban J connectivity index is 1.66. The van der Waals surface area contributed by atoms with E-state index in [0.717, 1.165) is 12.5 Å². The number of nitrogens with zero attached hydrogens (tertiary/aromatic N) is 1. The average Bonchev–Trinajstić information content (AvgIpc) is 3.13. The molecule has 3 nitrogen and oxygen atoms in total. The molecule has 1 aromatic heterocycles. The van der Waals surface area contributed by atoms with Crippen LogP contribution in [-0.4, -0.2) is 25.6 Å². The molecule has 0 aromatic carbocycles. The van der Waals surface area contributed by atoms with Crippen LogP contribution < -0.4 is 10.6 Å². The van der Waals surface area contributed by atoms with E-state index in [4.69, 9.17) is 0 Å². The van der Waals surface area contributed by atoms with Crippen molar-refractivity contribution in [2.75, 3.05) is 13.6 Å². The zero-order valence-electron chi connectivity index (χ0n) is 12.3. The third-order valence-corrected chi connectivity index (χ3v) is 5.71. The lowest BCUT2D eigenvalue weighted by atomic mass is 9.73. The summed E-state index contributed by atoms with van der Waals surface area (Å²) in [7, 11) is 1.87. The van der Waals surface area contributed by atoms with Crippen molar-refractivity contribution < 1.29 is 0 Å². The molecular formula is C16H25N3S. The van der Waals surface area contributed by atoms with E-state index >= 15 is 0 Å². The van der Waals surface area contributed by atoms with Gasteiger partial charge in [-0.15, -0.1) is 11.3 Å². The van der Waals surface area contributed by atoms with Gasteiger partial charge in [-0.25, -0.2) is 0 Å². The topological polar surface area (TPSA) is 36.4 Å². The highest BCUT2D eigenvalue weighted by atomic mass is 32.1. The molecule has 0 unspecified atom stereocenters. The van der Waals surface area contributed by atoms with Gasteiger partial charge in [-0.3, -0.25) is 4.99 Å². The zero-order chi connectivity index (χ0) is 13.8. The van der Waals surface area contributed by atoms with Gasteiger partial charge in [0.2, 0.25) is 0 Å². The Labute approximate surface area is 125 Å². The van der Waals surface area contributed by atoms with Gasteiger partial charge in [0.15, 0.2) is 5.96 Å². The molecule has 0 spiro atoms. The van der Waals surface area contributed by atoms with Crippen LogP contribution in [0.3, 0.4) is 0 Å². The van der Waals surface area contributed by atoms with Crippen molar-refractivity contribution in [2.24, 2.45) is 4.99 Å². The minimum Gasteiger partial charge on any atom is -0.355 e. The molecule has 0 amide bonds. The quantitative estimate of drug-likeness (QED) is 0.660. The molecule has 2 aliphatic rings. The molecular weight excluding hydrogens is 266 g/mol. The zero-order valence-corrected chi connectivity index (χ0v) is 13.1. The van der Waals surface area contributed by atoms with Crippen LogP contribution in [0.4, 0.5) is 0 Å². The van der Waals surface area contributed by atoms with E-state index in [9.17, 15) is 0 Å². The Bertz CT molecular complexity index is 442. The summed E-state index contributed by atoms with van der Waals surface area (Å²) in [5.41, 5.74) is 0.327. The van der Waals surface area contributed by atoms with Gasteiger partial charge in [0, 0.05) is 29.9 Å².